The largest absolute Gasteiger partial charge is 0.496 e. The van der Waals surface area contributed by atoms with Crippen LogP contribution in [0.25, 0.3) is 6.08 Å². The van der Waals surface area contributed by atoms with Gasteiger partial charge in [-0.05, 0) is 25.3 Å². The molecule has 0 aliphatic heterocycles. The second kappa shape index (κ2) is 4.84. The van der Waals surface area contributed by atoms with Gasteiger partial charge in [-0.15, -0.1) is 0 Å². The molecule has 0 spiro atoms. The first-order valence-corrected chi connectivity index (χ1v) is 6.20. The minimum atomic E-state index is 0.558. The molecule has 0 N–H and O–H groups in total. The van der Waals surface area contributed by atoms with Gasteiger partial charge in [-0.3, -0.25) is 0 Å². The van der Waals surface area contributed by atoms with Gasteiger partial charge in [-0.2, -0.15) is 0 Å². The molecule has 80 valence electrons. The summed E-state index contributed by atoms with van der Waals surface area (Å²) in [7, 11) is 1.72. The first-order valence-electron chi connectivity index (χ1n) is 5.29. The van der Waals surface area contributed by atoms with Gasteiger partial charge in [-0.1, -0.05) is 45.8 Å². The highest BCUT2D eigenvalue weighted by Crippen LogP contribution is 2.33. The molecular weight excluding hydrogens is 252 g/mol. The molecule has 1 aliphatic carbocycles. The summed E-state index contributed by atoms with van der Waals surface area (Å²) in [5.41, 5.74) is 2.67. The molecule has 1 nitrogen and oxygen atoms in total. The van der Waals surface area contributed by atoms with Gasteiger partial charge in [0.1, 0.15) is 5.75 Å². The molecule has 0 saturated heterocycles. The molecule has 1 saturated carbocycles. The molecule has 0 radical (unpaired) electrons. The summed E-state index contributed by atoms with van der Waals surface area (Å²) in [6.07, 6.45) is 6.00. The lowest BCUT2D eigenvalue weighted by molar-refractivity contribution is 0.414. The van der Waals surface area contributed by atoms with Crippen LogP contribution in [0.15, 0.2) is 29.8 Å². The number of alkyl halides is 1. The molecule has 1 aromatic rings. The molecule has 1 atom stereocenters. The van der Waals surface area contributed by atoms with E-state index in [0.29, 0.717) is 4.83 Å². The van der Waals surface area contributed by atoms with Crippen molar-refractivity contribution in [1.29, 1.82) is 0 Å². The van der Waals surface area contributed by atoms with Gasteiger partial charge in [0.05, 0.1) is 7.11 Å². The number of hydrogen-bond donors (Lipinski definition) is 0. The van der Waals surface area contributed by atoms with Crippen molar-refractivity contribution in [3.8, 4) is 5.75 Å². The maximum atomic E-state index is 5.33. The Kier molecular flexibility index (Phi) is 3.47. The van der Waals surface area contributed by atoms with Crippen molar-refractivity contribution >= 4 is 22.0 Å². The quantitative estimate of drug-likeness (QED) is 0.735. The summed E-state index contributed by atoms with van der Waals surface area (Å²) in [5.74, 6) is 0.955. The van der Waals surface area contributed by atoms with Gasteiger partial charge >= 0.3 is 0 Å². The predicted molar refractivity (Wildman–Crippen MR) is 67.5 cm³/mol. The SMILES string of the molecule is COc1ccccc1C=C1CCCC1Br. The Bertz CT molecular complexity index is 371. The van der Waals surface area contributed by atoms with Crippen molar-refractivity contribution < 1.29 is 4.74 Å². The second-order valence-electron chi connectivity index (χ2n) is 3.82. The van der Waals surface area contributed by atoms with Gasteiger partial charge in [0.2, 0.25) is 0 Å². The Morgan fingerprint density at radius 3 is 2.87 bits per heavy atom. The van der Waals surface area contributed by atoms with Crippen molar-refractivity contribution in [2.45, 2.75) is 24.1 Å². The molecule has 2 heteroatoms. The average molecular weight is 267 g/mol. The average Bonchev–Trinajstić information content (AvgIpc) is 2.65. The normalized spacial score (nSPS) is 23.3. The zero-order valence-corrected chi connectivity index (χ0v) is 10.5. The van der Waals surface area contributed by atoms with Crippen LogP contribution in [-0.2, 0) is 0 Å². The van der Waals surface area contributed by atoms with E-state index in [0.717, 1.165) is 5.75 Å². The lowest BCUT2D eigenvalue weighted by atomic mass is 10.1. The number of allylic oxidation sites excluding steroid dienone is 1. The minimum absolute atomic E-state index is 0.558. The fraction of sp³-hybridized carbons (Fsp3) is 0.385. The Hall–Kier alpha value is -0.760. The Morgan fingerprint density at radius 1 is 1.40 bits per heavy atom. The van der Waals surface area contributed by atoms with E-state index >= 15 is 0 Å². The van der Waals surface area contributed by atoms with E-state index in [1.165, 1.54) is 30.4 Å². The highest BCUT2D eigenvalue weighted by molar-refractivity contribution is 9.09. The zero-order valence-electron chi connectivity index (χ0n) is 8.87. The van der Waals surface area contributed by atoms with Crippen LogP contribution in [0, 0.1) is 0 Å². The van der Waals surface area contributed by atoms with Gasteiger partial charge in [0.25, 0.3) is 0 Å². The lowest BCUT2D eigenvalue weighted by Crippen LogP contribution is -1.92. The highest BCUT2D eigenvalue weighted by Gasteiger charge is 2.17. The van der Waals surface area contributed by atoms with Crippen LogP contribution in [-0.4, -0.2) is 11.9 Å². The number of halogens is 1. The Morgan fingerprint density at radius 2 is 2.20 bits per heavy atom. The van der Waals surface area contributed by atoms with Gasteiger partial charge in [-0.25, -0.2) is 0 Å². The van der Waals surface area contributed by atoms with Gasteiger partial charge in [0, 0.05) is 10.4 Å². The summed E-state index contributed by atoms with van der Waals surface area (Å²) in [6, 6.07) is 8.16. The topological polar surface area (TPSA) is 9.23 Å². The molecule has 1 aliphatic rings. The number of rotatable bonds is 2. The lowest BCUT2D eigenvalue weighted by Gasteiger charge is -2.07. The van der Waals surface area contributed by atoms with Crippen LogP contribution in [0.1, 0.15) is 24.8 Å². The van der Waals surface area contributed by atoms with Crippen LogP contribution in [0.4, 0.5) is 0 Å². The number of methoxy groups -OCH3 is 1. The molecule has 1 aromatic carbocycles. The van der Waals surface area contributed by atoms with Gasteiger partial charge < -0.3 is 4.74 Å². The summed E-state index contributed by atoms with van der Waals surface area (Å²) in [6.45, 7) is 0. The van der Waals surface area contributed by atoms with E-state index in [2.05, 4.69) is 28.1 Å². The third kappa shape index (κ3) is 2.43. The number of hydrogen-bond acceptors (Lipinski definition) is 1. The zero-order chi connectivity index (χ0) is 10.7. The smallest absolute Gasteiger partial charge is 0.126 e. The third-order valence-electron chi connectivity index (χ3n) is 2.81. The van der Waals surface area contributed by atoms with Crippen molar-refractivity contribution in [2.75, 3.05) is 7.11 Å². The summed E-state index contributed by atoms with van der Waals surface area (Å²) in [4.78, 5) is 0.558. The molecule has 0 amide bonds. The number of ether oxygens (including phenoxy) is 1. The van der Waals surface area contributed by atoms with Crippen LogP contribution in [0.5, 0.6) is 5.75 Å². The van der Waals surface area contributed by atoms with Gasteiger partial charge in [0.15, 0.2) is 0 Å². The molecule has 1 unspecified atom stereocenters. The van der Waals surface area contributed by atoms with E-state index in [1.807, 2.05) is 18.2 Å². The van der Waals surface area contributed by atoms with Crippen LogP contribution >= 0.6 is 15.9 Å². The maximum Gasteiger partial charge on any atom is 0.126 e. The fourth-order valence-electron chi connectivity index (χ4n) is 1.98. The van der Waals surface area contributed by atoms with E-state index in [1.54, 1.807) is 7.11 Å². The number of para-hydroxylation sites is 1. The fourth-order valence-corrected chi connectivity index (χ4v) is 2.66. The first kappa shape index (κ1) is 10.7. The summed E-state index contributed by atoms with van der Waals surface area (Å²) in [5, 5.41) is 0. The van der Waals surface area contributed by atoms with Crippen LogP contribution in [0.2, 0.25) is 0 Å². The monoisotopic (exact) mass is 266 g/mol. The number of benzene rings is 1. The van der Waals surface area contributed by atoms with E-state index < -0.39 is 0 Å². The van der Waals surface area contributed by atoms with E-state index in [9.17, 15) is 0 Å². The second-order valence-corrected chi connectivity index (χ2v) is 4.93. The Balaban J connectivity index is 2.29. The summed E-state index contributed by atoms with van der Waals surface area (Å²) >= 11 is 3.70. The van der Waals surface area contributed by atoms with Crippen molar-refractivity contribution in [2.24, 2.45) is 0 Å². The molecule has 2 rings (SSSR count). The molecule has 0 bridgehead atoms. The van der Waals surface area contributed by atoms with Crippen LogP contribution in [0.3, 0.4) is 0 Å². The van der Waals surface area contributed by atoms with Crippen molar-refractivity contribution in [3.63, 3.8) is 0 Å². The van der Waals surface area contributed by atoms with E-state index in [4.69, 9.17) is 4.74 Å². The summed E-state index contributed by atoms with van der Waals surface area (Å²) < 4.78 is 5.33. The maximum absolute atomic E-state index is 5.33. The van der Waals surface area contributed by atoms with Crippen molar-refractivity contribution in [1.82, 2.24) is 0 Å². The van der Waals surface area contributed by atoms with E-state index in [-0.39, 0.29) is 0 Å². The highest BCUT2D eigenvalue weighted by atomic mass is 79.9. The third-order valence-corrected chi connectivity index (χ3v) is 3.85. The minimum Gasteiger partial charge on any atom is -0.496 e. The molecule has 0 heterocycles. The molecule has 0 aromatic heterocycles. The first-order chi connectivity index (χ1) is 7.31. The molecule has 15 heavy (non-hydrogen) atoms. The molecule has 1 fully saturated rings. The van der Waals surface area contributed by atoms with Crippen LogP contribution < -0.4 is 4.74 Å². The standard InChI is InChI=1S/C13H15BrO/c1-15-13-8-3-2-5-11(13)9-10-6-4-7-12(10)14/h2-3,5,8-9,12H,4,6-7H2,1H3. The predicted octanol–water partition coefficient (Wildman–Crippen LogP) is 4.03. The van der Waals surface area contributed by atoms with Crippen molar-refractivity contribution in [3.05, 3.63) is 35.4 Å². The Labute approximate surface area is 99.3 Å². The molecular formula is C13H15BrO.